The number of carbonyl (C=O) groups excluding carboxylic acids is 1. The number of imidazole rings is 1. The van der Waals surface area contributed by atoms with E-state index in [4.69, 9.17) is 0 Å². The molecule has 1 aromatic heterocycles. The summed E-state index contributed by atoms with van der Waals surface area (Å²) in [5.74, 6) is -0.0797. The minimum atomic E-state index is -3.46. The summed E-state index contributed by atoms with van der Waals surface area (Å²) < 4.78 is 28.9. The Morgan fingerprint density at radius 1 is 1.10 bits per heavy atom. The number of rotatable bonds is 6. The molecule has 4 rings (SSSR count). The third kappa shape index (κ3) is 4.18. The molecule has 2 aromatic carbocycles. The molecule has 3 aromatic rings. The fraction of sp³-hybridized carbons (Fsp3) is 0.333. The zero-order chi connectivity index (χ0) is 20.4. The summed E-state index contributed by atoms with van der Waals surface area (Å²) in [4.78, 5) is 16.8. The lowest BCUT2D eigenvalue weighted by Gasteiger charge is -2.15. The standard InChI is InChI=1S/C21H24N4O3S/c1-16-4-6-17(7-5-16)23-21(26)10-13-24-15-22-19-14-18(8-9-20(19)24)29(27,28)25-11-2-3-12-25/h4-9,14-15H,2-3,10-13H2,1H3,(H,23,26). The van der Waals surface area contributed by atoms with Crippen molar-refractivity contribution in [3.63, 3.8) is 0 Å². The van der Waals surface area contributed by atoms with Crippen LogP contribution in [0.4, 0.5) is 5.69 Å². The Bertz CT molecular complexity index is 1130. The van der Waals surface area contributed by atoms with E-state index in [1.807, 2.05) is 35.8 Å². The maximum atomic E-state index is 12.7. The van der Waals surface area contributed by atoms with Gasteiger partial charge >= 0.3 is 0 Å². The molecule has 0 saturated carbocycles. The van der Waals surface area contributed by atoms with E-state index in [1.54, 1.807) is 24.5 Å². The molecule has 1 N–H and O–H groups in total. The van der Waals surface area contributed by atoms with Gasteiger partial charge in [0.05, 0.1) is 22.3 Å². The van der Waals surface area contributed by atoms with E-state index in [9.17, 15) is 13.2 Å². The first kappa shape index (κ1) is 19.6. The largest absolute Gasteiger partial charge is 0.330 e. The number of nitrogens with one attached hydrogen (secondary N) is 1. The minimum Gasteiger partial charge on any atom is -0.330 e. The summed E-state index contributed by atoms with van der Waals surface area (Å²) in [5.41, 5.74) is 3.34. The van der Waals surface area contributed by atoms with Crippen molar-refractivity contribution in [1.82, 2.24) is 13.9 Å². The molecule has 1 aliphatic rings. The maximum absolute atomic E-state index is 12.7. The highest BCUT2D eigenvalue weighted by atomic mass is 32.2. The summed E-state index contributed by atoms with van der Waals surface area (Å²) in [6, 6.07) is 12.7. The molecular weight excluding hydrogens is 388 g/mol. The maximum Gasteiger partial charge on any atom is 0.243 e. The van der Waals surface area contributed by atoms with Gasteiger partial charge in [-0.05, 0) is 50.1 Å². The Balaban J connectivity index is 1.45. The van der Waals surface area contributed by atoms with E-state index >= 15 is 0 Å². The van der Waals surface area contributed by atoms with Gasteiger partial charge in [-0.2, -0.15) is 4.31 Å². The SMILES string of the molecule is Cc1ccc(NC(=O)CCn2cnc3cc(S(=O)(=O)N4CCCC4)ccc32)cc1. The van der Waals surface area contributed by atoms with E-state index in [1.165, 1.54) is 4.31 Å². The van der Waals surface area contributed by atoms with Gasteiger partial charge in [0.2, 0.25) is 15.9 Å². The van der Waals surface area contributed by atoms with Crippen LogP contribution in [0, 0.1) is 6.92 Å². The van der Waals surface area contributed by atoms with Gasteiger partial charge < -0.3 is 9.88 Å². The molecule has 1 aliphatic heterocycles. The van der Waals surface area contributed by atoms with Crippen LogP contribution in [-0.2, 0) is 21.4 Å². The molecule has 0 aliphatic carbocycles. The predicted octanol–water partition coefficient (Wildman–Crippen LogP) is 3.16. The highest BCUT2D eigenvalue weighted by molar-refractivity contribution is 7.89. The lowest BCUT2D eigenvalue weighted by molar-refractivity contribution is -0.116. The van der Waals surface area contributed by atoms with Gasteiger partial charge in [0.15, 0.2) is 0 Å². The van der Waals surface area contributed by atoms with Crippen molar-refractivity contribution in [1.29, 1.82) is 0 Å². The zero-order valence-corrected chi connectivity index (χ0v) is 17.2. The molecular formula is C21H24N4O3S. The first-order valence-corrected chi connectivity index (χ1v) is 11.2. The molecule has 0 atom stereocenters. The van der Waals surface area contributed by atoms with Gasteiger partial charge in [-0.3, -0.25) is 4.79 Å². The Hall–Kier alpha value is -2.71. The minimum absolute atomic E-state index is 0.0797. The number of hydrogen-bond donors (Lipinski definition) is 1. The second kappa shape index (κ2) is 7.96. The van der Waals surface area contributed by atoms with Crippen LogP contribution in [0.25, 0.3) is 11.0 Å². The normalized spacial score (nSPS) is 15.1. The Morgan fingerprint density at radius 3 is 2.55 bits per heavy atom. The average Bonchev–Trinajstić information content (AvgIpc) is 3.38. The molecule has 1 saturated heterocycles. The molecule has 0 unspecified atom stereocenters. The number of sulfonamides is 1. The third-order valence-corrected chi connectivity index (χ3v) is 7.11. The number of nitrogens with zero attached hydrogens (tertiary/aromatic N) is 3. The summed E-state index contributed by atoms with van der Waals surface area (Å²) >= 11 is 0. The Labute approximate surface area is 170 Å². The number of hydrogen-bond acceptors (Lipinski definition) is 4. The number of aryl methyl sites for hydroxylation is 2. The zero-order valence-electron chi connectivity index (χ0n) is 16.3. The Kier molecular flexibility index (Phi) is 5.38. The van der Waals surface area contributed by atoms with Crippen molar-refractivity contribution in [2.45, 2.75) is 37.6 Å². The fourth-order valence-electron chi connectivity index (χ4n) is 3.54. The van der Waals surface area contributed by atoms with E-state index in [0.29, 0.717) is 31.6 Å². The van der Waals surface area contributed by atoms with Crippen molar-refractivity contribution in [3.8, 4) is 0 Å². The fourth-order valence-corrected chi connectivity index (χ4v) is 5.08. The topological polar surface area (TPSA) is 84.3 Å². The molecule has 1 amide bonds. The van der Waals surface area contributed by atoms with E-state index in [-0.39, 0.29) is 10.8 Å². The molecule has 152 valence electrons. The molecule has 0 bridgehead atoms. The number of carbonyl (C=O) groups is 1. The van der Waals surface area contributed by atoms with Crippen LogP contribution in [0.3, 0.4) is 0 Å². The van der Waals surface area contributed by atoms with Crippen LogP contribution in [0.1, 0.15) is 24.8 Å². The van der Waals surface area contributed by atoms with Crippen molar-refractivity contribution >= 4 is 32.7 Å². The second-order valence-corrected chi connectivity index (χ2v) is 9.30. The summed E-state index contributed by atoms with van der Waals surface area (Å²) in [5, 5.41) is 2.88. The summed E-state index contributed by atoms with van der Waals surface area (Å²) in [6.45, 7) is 3.61. The molecule has 0 spiro atoms. The lowest BCUT2D eigenvalue weighted by Crippen LogP contribution is -2.27. The van der Waals surface area contributed by atoms with Crippen molar-refractivity contribution in [2.24, 2.45) is 0 Å². The van der Waals surface area contributed by atoms with E-state index in [0.717, 1.165) is 29.6 Å². The van der Waals surface area contributed by atoms with Crippen LogP contribution in [0.5, 0.6) is 0 Å². The molecule has 2 heterocycles. The number of fused-ring (bicyclic) bond motifs is 1. The van der Waals surface area contributed by atoms with Crippen molar-refractivity contribution in [2.75, 3.05) is 18.4 Å². The average molecular weight is 413 g/mol. The van der Waals surface area contributed by atoms with Gasteiger partial charge in [0.1, 0.15) is 0 Å². The highest BCUT2D eigenvalue weighted by Crippen LogP contribution is 2.24. The number of benzene rings is 2. The van der Waals surface area contributed by atoms with Gasteiger partial charge in [-0.15, -0.1) is 0 Å². The van der Waals surface area contributed by atoms with Gasteiger partial charge in [-0.25, -0.2) is 13.4 Å². The van der Waals surface area contributed by atoms with Crippen molar-refractivity contribution < 1.29 is 13.2 Å². The quantitative estimate of drug-likeness (QED) is 0.674. The van der Waals surface area contributed by atoms with Crippen LogP contribution < -0.4 is 5.32 Å². The number of anilines is 1. The van der Waals surface area contributed by atoms with Gasteiger partial charge in [0, 0.05) is 31.7 Å². The lowest BCUT2D eigenvalue weighted by atomic mass is 10.2. The first-order chi connectivity index (χ1) is 13.9. The van der Waals surface area contributed by atoms with Gasteiger partial charge in [-0.1, -0.05) is 17.7 Å². The number of aromatic nitrogens is 2. The molecule has 7 nitrogen and oxygen atoms in total. The monoisotopic (exact) mass is 412 g/mol. The summed E-state index contributed by atoms with van der Waals surface area (Å²) in [7, 11) is -3.46. The third-order valence-electron chi connectivity index (χ3n) is 5.21. The van der Waals surface area contributed by atoms with E-state index < -0.39 is 10.0 Å². The first-order valence-electron chi connectivity index (χ1n) is 9.75. The van der Waals surface area contributed by atoms with Crippen LogP contribution in [0.15, 0.2) is 53.7 Å². The molecule has 29 heavy (non-hydrogen) atoms. The highest BCUT2D eigenvalue weighted by Gasteiger charge is 2.27. The molecule has 1 fully saturated rings. The number of amides is 1. The molecule has 8 heteroatoms. The smallest absolute Gasteiger partial charge is 0.243 e. The van der Waals surface area contributed by atoms with Crippen molar-refractivity contribution in [3.05, 3.63) is 54.4 Å². The van der Waals surface area contributed by atoms with Crippen LogP contribution >= 0.6 is 0 Å². The summed E-state index contributed by atoms with van der Waals surface area (Å²) in [6.07, 6.45) is 3.75. The predicted molar refractivity (Wildman–Crippen MR) is 112 cm³/mol. The van der Waals surface area contributed by atoms with Crippen LogP contribution in [-0.4, -0.2) is 41.3 Å². The molecule has 0 radical (unpaired) electrons. The Morgan fingerprint density at radius 2 is 1.83 bits per heavy atom. The second-order valence-electron chi connectivity index (χ2n) is 7.36. The van der Waals surface area contributed by atoms with E-state index in [2.05, 4.69) is 10.3 Å². The van der Waals surface area contributed by atoms with Gasteiger partial charge in [0.25, 0.3) is 0 Å². The van der Waals surface area contributed by atoms with Crippen LogP contribution in [0.2, 0.25) is 0 Å².